The molecule has 1 aliphatic rings. The Bertz CT molecular complexity index is 662. The lowest BCUT2D eigenvalue weighted by molar-refractivity contribution is -0.0487. The minimum Gasteiger partial charge on any atom is -0.378 e. The fourth-order valence-electron chi connectivity index (χ4n) is 2.78. The zero-order valence-corrected chi connectivity index (χ0v) is 13.0. The van der Waals surface area contributed by atoms with Crippen LogP contribution < -0.4 is 5.32 Å². The molecule has 0 saturated carbocycles. The highest BCUT2D eigenvalue weighted by Gasteiger charge is 2.29. The highest BCUT2D eigenvalue weighted by Crippen LogP contribution is 2.21. The van der Waals surface area contributed by atoms with Crippen LogP contribution in [0.15, 0.2) is 24.5 Å². The summed E-state index contributed by atoms with van der Waals surface area (Å²) in [6, 6.07) is 4.55. The number of aromatic nitrogens is 2. The molecular weight excluding hydrogens is 283 g/mol. The van der Waals surface area contributed by atoms with Crippen LogP contribution in [-0.4, -0.2) is 53.3 Å². The van der Waals surface area contributed by atoms with Gasteiger partial charge in [0.2, 0.25) is 0 Å². The van der Waals surface area contributed by atoms with Crippen LogP contribution in [0.1, 0.15) is 13.8 Å². The van der Waals surface area contributed by atoms with Gasteiger partial charge < -0.3 is 10.1 Å². The lowest BCUT2D eigenvalue weighted by atomic mass is 10.0. The van der Waals surface area contributed by atoms with Gasteiger partial charge in [-0.05, 0) is 32.0 Å². The molecular formula is C16H21FN4O. The third-order valence-corrected chi connectivity index (χ3v) is 4.09. The van der Waals surface area contributed by atoms with Crippen molar-refractivity contribution >= 4 is 16.7 Å². The Labute approximate surface area is 129 Å². The average molecular weight is 304 g/mol. The van der Waals surface area contributed by atoms with E-state index in [0.29, 0.717) is 11.2 Å². The predicted octanol–water partition coefficient (Wildman–Crippen LogP) is 2.29. The Morgan fingerprint density at radius 1 is 1.36 bits per heavy atom. The number of fused-ring (bicyclic) bond motifs is 1. The maximum absolute atomic E-state index is 13.4. The van der Waals surface area contributed by atoms with E-state index in [1.54, 1.807) is 6.07 Å². The SMILES string of the molecule is CC1(C)COCCN1CCNc1ncnc2ccc(F)cc12. The first-order chi connectivity index (χ1) is 10.6. The summed E-state index contributed by atoms with van der Waals surface area (Å²) in [6.45, 7) is 8.43. The maximum Gasteiger partial charge on any atom is 0.137 e. The normalized spacial score (nSPS) is 18.5. The monoisotopic (exact) mass is 304 g/mol. The number of hydrogen-bond donors (Lipinski definition) is 1. The molecule has 1 aliphatic heterocycles. The average Bonchev–Trinajstić information content (AvgIpc) is 2.49. The van der Waals surface area contributed by atoms with E-state index >= 15 is 0 Å². The van der Waals surface area contributed by atoms with Gasteiger partial charge in [-0.3, -0.25) is 4.90 Å². The standard InChI is InChI=1S/C16H21FN4O/c1-16(2)10-22-8-7-21(16)6-5-18-15-13-9-12(17)3-4-14(13)19-11-20-15/h3-4,9,11H,5-8,10H2,1-2H3,(H,18,19,20). The number of nitrogens with zero attached hydrogens (tertiary/aromatic N) is 3. The lowest BCUT2D eigenvalue weighted by Crippen LogP contribution is -2.54. The number of ether oxygens (including phenoxy) is 1. The van der Waals surface area contributed by atoms with E-state index in [1.165, 1.54) is 18.5 Å². The van der Waals surface area contributed by atoms with Gasteiger partial charge in [0.15, 0.2) is 0 Å². The van der Waals surface area contributed by atoms with Crippen molar-refractivity contribution in [1.82, 2.24) is 14.9 Å². The minimum absolute atomic E-state index is 0.0414. The summed E-state index contributed by atoms with van der Waals surface area (Å²) >= 11 is 0. The van der Waals surface area contributed by atoms with Gasteiger partial charge in [-0.25, -0.2) is 14.4 Å². The highest BCUT2D eigenvalue weighted by molar-refractivity contribution is 5.88. The second kappa shape index (κ2) is 6.14. The van der Waals surface area contributed by atoms with Crippen LogP contribution in [0.2, 0.25) is 0 Å². The highest BCUT2D eigenvalue weighted by atomic mass is 19.1. The molecule has 2 aromatic rings. The Hall–Kier alpha value is -1.79. The van der Waals surface area contributed by atoms with Gasteiger partial charge >= 0.3 is 0 Å². The molecule has 0 spiro atoms. The summed E-state index contributed by atoms with van der Waals surface area (Å²) in [5, 5.41) is 4.01. The molecule has 0 unspecified atom stereocenters. The van der Waals surface area contributed by atoms with Crippen LogP contribution in [0, 0.1) is 5.82 Å². The van der Waals surface area contributed by atoms with E-state index in [2.05, 4.69) is 34.0 Å². The van der Waals surface area contributed by atoms with Crippen molar-refractivity contribution in [2.24, 2.45) is 0 Å². The second-order valence-corrected chi connectivity index (χ2v) is 6.16. The zero-order valence-electron chi connectivity index (χ0n) is 13.0. The van der Waals surface area contributed by atoms with Crippen LogP contribution in [0.3, 0.4) is 0 Å². The quantitative estimate of drug-likeness (QED) is 0.939. The fraction of sp³-hybridized carbons (Fsp3) is 0.500. The van der Waals surface area contributed by atoms with E-state index in [-0.39, 0.29) is 11.4 Å². The van der Waals surface area contributed by atoms with Crippen molar-refractivity contribution in [2.75, 3.05) is 38.2 Å². The summed E-state index contributed by atoms with van der Waals surface area (Å²) < 4.78 is 19.0. The first kappa shape index (κ1) is 15.1. The molecule has 22 heavy (non-hydrogen) atoms. The number of morpholine rings is 1. The van der Waals surface area contributed by atoms with Gasteiger partial charge in [0.25, 0.3) is 0 Å². The predicted molar refractivity (Wildman–Crippen MR) is 84.5 cm³/mol. The molecule has 0 radical (unpaired) electrons. The number of rotatable bonds is 4. The van der Waals surface area contributed by atoms with Gasteiger partial charge in [-0.1, -0.05) is 0 Å². The summed E-state index contributed by atoms with van der Waals surface area (Å²) in [5.74, 6) is 0.398. The number of nitrogens with one attached hydrogen (secondary N) is 1. The van der Waals surface area contributed by atoms with E-state index in [9.17, 15) is 4.39 Å². The third kappa shape index (κ3) is 3.18. The van der Waals surface area contributed by atoms with Crippen LogP contribution in [0.25, 0.3) is 10.9 Å². The van der Waals surface area contributed by atoms with E-state index in [1.807, 2.05) is 0 Å². The number of benzene rings is 1. The summed E-state index contributed by atoms with van der Waals surface area (Å²) in [5.41, 5.74) is 0.783. The lowest BCUT2D eigenvalue weighted by Gasteiger charge is -2.42. The van der Waals surface area contributed by atoms with Crippen molar-refractivity contribution in [1.29, 1.82) is 0 Å². The molecule has 1 saturated heterocycles. The first-order valence-corrected chi connectivity index (χ1v) is 7.53. The first-order valence-electron chi connectivity index (χ1n) is 7.53. The Morgan fingerprint density at radius 3 is 3.05 bits per heavy atom. The Kier molecular flexibility index (Phi) is 4.22. The van der Waals surface area contributed by atoms with Gasteiger partial charge in [-0.15, -0.1) is 0 Å². The van der Waals surface area contributed by atoms with E-state index < -0.39 is 0 Å². The second-order valence-electron chi connectivity index (χ2n) is 6.16. The van der Waals surface area contributed by atoms with Gasteiger partial charge in [0, 0.05) is 30.6 Å². The number of halogens is 1. The van der Waals surface area contributed by atoms with Crippen LogP contribution in [0.4, 0.5) is 10.2 Å². The third-order valence-electron chi connectivity index (χ3n) is 4.09. The van der Waals surface area contributed by atoms with Crippen molar-refractivity contribution in [3.8, 4) is 0 Å². The summed E-state index contributed by atoms with van der Waals surface area (Å²) in [6.07, 6.45) is 1.50. The molecule has 0 amide bonds. The number of anilines is 1. The molecule has 1 N–H and O–H groups in total. The van der Waals surface area contributed by atoms with E-state index in [4.69, 9.17) is 4.74 Å². The van der Waals surface area contributed by atoms with Crippen molar-refractivity contribution in [3.63, 3.8) is 0 Å². The van der Waals surface area contributed by atoms with Crippen molar-refractivity contribution in [2.45, 2.75) is 19.4 Å². The van der Waals surface area contributed by atoms with E-state index in [0.717, 1.165) is 38.4 Å². The molecule has 3 rings (SSSR count). The number of hydrogen-bond acceptors (Lipinski definition) is 5. The smallest absolute Gasteiger partial charge is 0.137 e. The van der Waals surface area contributed by atoms with Crippen LogP contribution >= 0.6 is 0 Å². The molecule has 1 aromatic carbocycles. The molecule has 0 bridgehead atoms. The zero-order chi connectivity index (χ0) is 15.6. The van der Waals surface area contributed by atoms with Crippen molar-refractivity contribution in [3.05, 3.63) is 30.3 Å². The van der Waals surface area contributed by atoms with Crippen LogP contribution in [-0.2, 0) is 4.74 Å². The fourth-order valence-corrected chi connectivity index (χ4v) is 2.78. The maximum atomic E-state index is 13.4. The van der Waals surface area contributed by atoms with Crippen LogP contribution in [0.5, 0.6) is 0 Å². The summed E-state index contributed by atoms with van der Waals surface area (Å²) in [7, 11) is 0. The molecule has 5 nitrogen and oxygen atoms in total. The molecule has 6 heteroatoms. The molecule has 1 fully saturated rings. The van der Waals surface area contributed by atoms with Gasteiger partial charge in [0.1, 0.15) is 18.0 Å². The minimum atomic E-state index is -0.278. The Morgan fingerprint density at radius 2 is 2.23 bits per heavy atom. The largest absolute Gasteiger partial charge is 0.378 e. The molecule has 118 valence electrons. The Balaban J connectivity index is 1.68. The molecule has 1 aromatic heterocycles. The molecule has 2 heterocycles. The van der Waals surface area contributed by atoms with Gasteiger partial charge in [-0.2, -0.15) is 0 Å². The molecule has 0 aliphatic carbocycles. The topological polar surface area (TPSA) is 50.3 Å². The summed E-state index contributed by atoms with van der Waals surface area (Å²) in [4.78, 5) is 10.8. The van der Waals surface area contributed by atoms with Crippen molar-refractivity contribution < 1.29 is 9.13 Å². The van der Waals surface area contributed by atoms with Gasteiger partial charge in [0.05, 0.1) is 18.7 Å². The molecule has 0 atom stereocenters.